The van der Waals surface area contributed by atoms with Crippen LogP contribution in [0.4, 0.5) is 0 Å². The lowest BCUT2D eigenvalue weighted by atomic mass is 10.1. The van der Waals surface area contributed by atoms with Crippen molar-refractivity contribution in [3.05, 3.63) is 0 Å². The first-order valence-electron chi connectivity index (χ1n) is 6.75. The van der Waals surface area contributed by atoms with Crippen LogP contribution in [0.2, 0.25) is 0 Å². The Balaban J connectivity index is 1.98. The molecule has 0 saturated heterocycles. The van der Waals surface area contributed by atoms with Gasteiger partial charge in [0.1, 0.15) is 0 Å². The largest absolute Gasteiger partial charge is 0.313 e. The predicted molar refractivity (Wildman–Crippen MR) is 67.3 cm³/mol. The number of hydrogen-bond donors (Lipinski definition) is 1. The summed E-state index contributed by atoms with van der Waals surface area (Å²) in [5.74, 6) is 0. The Hall–Kier alpha value is -0.0800. The number of hydrogen-bond acceptors (Lipinski definition) is 2. The van der Waals surface area contributed by atoms with Crippen LogP contribution < -0.4 is 5.32 Å². The SMILES string of the molecule is CCCCC(C)NCCN(CC)C1CC1. The third-order valence-corrected chi connectivity index (χ3v) is 3.35. The minimum atomic E-state index is 0.697. The van der Waals surface area contributed by atoms with E-state index in [-0.39, 0.29) is 0 Å². The maximum atomic E-state index is 3.62. The van der Waals surface area contributed by atoms with Crippen molar-refractivity contribution >= 4 is 0 Å². The molecule has 15 heavy (non-hydrogen) atoms. The Kier molecular flexibility index (Phi) is 6.26. The van der Waals surface area contributed by atoms with Gasteiger partial charge in [0.25, 0.3) is 0 Å². The molecule has 0 aromatic carbocycles. The highest BCUT2D eigenvalue weighted by atomic mass is 15.2. The van der Waals surface area contributed by atoms with Gasteiger partial charge in [-0.15, -0.1) is 0 Å². The van der Waals surface area contributed by atoms with Gasteiger partial charge in [0, 0.05) is 25.2 Å². The molecule has 1 atom stereocenters. The van der Waals surface area contributed by atoms with Crippen LogP contribution >= 0.6 is 0 Å². The van der Waals surface area contributed by atoms with Gasteiger partial charge in [0.15, 0.2) is 0 Å². The van der Waals surface area contributed by atoms with Crippen molar-refractivity contribution in [2.75, 3.05) is 19.6 Å². The summed E-state index contributed by atoms with van der Waals surface area (Å²) in [6.07, 6.45) is 6.86. The highest BCUT2D eigenvalue weighted by Crippen LogP contribution is 2.25. The molecule has 1 N–H and O–H groups in total. The van der Waals surface area contributed by atoms with Crippen LogP contribution in [0.1, 0.15) is 52.9 Å². The molecule has 0 radical (unpaired) electrons. The molecule has 0 aromatic heterocycles. The highest BCUT2D eigenvalue weighted by molar-refractivity contribution is 4.84. The molecule has 0 spiro atoms. The van der Waals surface area contributed by atoms with Crippen LogP contribution in [-0.2, 0) is 0 Å². The van der Waals surface area contributed by atoms with Gasteiger partial charge in [-0.2, -0.15) is 0 Å². The summed E-state index contributed by atoms with van der Waals surface area (Å²) in [5.41, 5.74) is 0. The average molecular weight is 212 g/mol. The summed E-state index contributed by atoms with van der Waals surface area (Å²) in [4.78, 5) is 2.61. The Morgan fingerprint density at radius 2 is 2.07 bits per heavy atom. The molecule has 1 fully saturated rings. The standard InChI is InChI=1S/C13H28N2/c1-4-6-7-12(3)14-10-11-15(5-2)13-8-9-13/h12-14H,4-11H2,1-3H3. The van der Waals surface area contributed by atoms with Crippen LogP contribution in [0.3, 0.4) is 0 Å². The fourth-order valence-corrected chi connectivity index (χ4v) is 2.11. The number of nitrogens with one attached hydrogen (secondary N) is 1. The lowest BCUT2D eigenvalue weighted by Gasteiger charge is -2.21. The van der Waals surface area contributed by atoms with Crippen LogP contribution in [-0.4, -0.2) is 36.6 Å². The number of unbranched alkanes of at least 4 members (excludes halogenated alkanes) is 1. The van der Waals surface area contributed by atoms with Crippen molar-refractivity contribution in [3.8, 4) is 0 Å². The normalized spacial score (nSPS) is 18.4. The van der Waals surface area contributed by atoms with E-state index in [0.29, 0.717) is 6.04 Å². The smallest absolute Gasteiger partial charge is 0.0110 e. The van der Waals surface area contributed by atoms with E-state index in [1.54, 1.807) is 0 Å². The lowest BCUT2D eigenvalue weighted by molar-refractivity contribution is 0.272. The van der Waals surface area contributed by atoms with Crippen molar-refractivity contribution in [3.63, 3.8) is 0 Å². The Bertz CT molecular complexity index is 155. The quantitative estimate of drug-likeness (QED) is 0.632. The summed E-state index contributed by atoms with van der Waals surface area (Å²) < 4.78 is 0. The van der Waals surface area contributed by atoms with Crippen molar-refractivity contribution in [1.82, 2.24) is 10.2 Å². The minimum Gasteiger partial charge on any atom is -0.313 e. The second-order valence-corrected chi connectivity index (χ2v) is 4.86. The Morgan fingerprint density at radius 3 is 2.60 bits per heavy atom. The van der Waals surface area contributed by atoms with E-state index in [0.717, 1.165) is 12.6 Å². The van der Waals surface area contributed by atoms with Gasteiger partial charge in [0.2, 0.25) is 0 Å². The maximum absolute atomic E-state index is 3.62. The van der Waals surface area contributed by atoms with Crippen molar-refractivity contribution in [1.29, 1.82) is 0 Å². The fourth-order valence-electron chi connectivity index (χ4n) is 2.11. The minimum absolute atomic E-state index is 0.697. The fraction of sp³-hybridized carbons (Fsp3) is 1.00. The first-order chi connectivity index (χ1) is 7.27. The molecule has 1 aliphatic rings. The summed E-state index contributed by atoms with van der Waals surface area (Å²) in [6.45, 7) is 10.5. The molecule has 0 amide bonds. The number of rotatable bonds is 9. The number of nitrogens with zero attached hydrogens (tertiary/aromatic N) is 1. The molecule has 1 aliphatic carbocycles. The molecule has 1 rings (SSSR count). The Labute approximate surface area is 95.4 Å². The molecule has 90 valence electrons. The van der Waals surface area contributed by atoms with Gasteiger partial charge in [-0.3, -0.25) is 4.90 Å². The summed E-state index contributed by atoms with van der Waals surface area (Å²) in [6, 6.07) is 1.62. The zero-order valence-electron chi connectivity index (χ0n) is 10.8. The summed E-state index contributed by atoms with van der Waals surface area (Å²) in [7, 11) is 0. The number of likely N-dealkylation sites (N-methyl/N-ethyl adjacent to an activating group) is 1. The third kappa shape index (κ3) is 5.53. The van der Waals surface area contributed by atoms with E-state index in [4.69, 9.17) is 0 Å². The molecular weight excluding hydrogens is 184 g/mol. The van der Waals surface area contributed by atoms with Gasteiger partial charge < -0.3 is 5.32 Å². The van der Waals surface area contributed by atoms with E-state index in [1.807, 2.05) is 0 Å². The average Bonchev–Trinajstić information content (AvgIpc) is 3.05. The van der Waals surface area contributed by atoms with E-state index in [9.17, 15) is 0 Å². The van der Waals surface area contributed by atoms with Gasteiger partial charge >= 0.3 is 0 Å². The molecule has 0 aliphatic heterocycles. The van der Waals surface area contributed by atoms with Crippen molar-refractivity contribution in [2.45, 2.75) is 65.0 Å². The van der Waals surface area contributed by atoms with Crippen LogP contribution in [0.25, 0.3) is 0 Å². The first-order valence-corrected chi connectivity index (χ1v) is 6.75. The topological polar surface area (TPSA) is 15.3 Å². The molecule has 2 heteroatoms. The van der Waals surface area contributed by atoms with Crippen LogP contribution in [0.5, 0.6) is 0 Å². The van der Waals surface area contributed by atoms with Crippen molar-refractivity contribution < 1.29 is 0 Å². The van der Waals surface area contributed by atoms with Gasteiger partial charge in [-0.1, -0.05) is 26.7 Å². The summed E-state index contributed by atoms with van der Waals surface area (Å²) in [5, 5.41) is 3.62. The molecule has 1 unspecified atom stereocenters. The highest BCUT2D eigenvalue weighted by Gasteiger charge is 2.27. The molecule has 0 bridgehead atoms. The van der Waals surface area contributed by atoms with Gasteiger partial charge in [0.05, 0.1) is 0 Å². The second-order valence-electron chi connectivity index (χ2n) is 4.86. The monoisotopic (exact) mass is 212 g/mol. The molecule has 0 aromatic rings. The first kappa shape index (κ1) is 13.0. The van der Waals surface area contributed by atoms with Gasteiger partial charge in [-0.25, -0.2) is 0 Å². The zero-order valence-corrected chi connectivity index (χ0v) is 10.8. The van der Waals surface area contributed by atoms with E-state index < -0.39 is 0 Å². The van der Waals surface area contributed by atoms with E-state index in [1.165, 1.54) is 45.2 Å². The second kappa shape index (κ2) is 7.24. The summed E-state index contributed by atoms with van der Waals surface area (Å²) >= 11 is 0. The van der Waals surface area contributed by atoms with E-state index in [2.05, 4.69) is 31.0 Å². The molecular formula is C13H28N2. The molecule has 2 nitrogen and oxygen atoms in total. The van der Waals surface area contributed by atoms with E-state index >= 15 is 0 Å². The van der Waals surface area contributed by atoms with Gasteiger partial charge in [-0.05, 0) is 32.7 Å². The molecule has 1 saturated carbocycles. The van der Waals surface area contributed by atoms with Crippen LogP contribution in [0.15, 0.2) is 0 Å². The predicted octanol–water partition coefficient (Wildman–Crippen LogP) is 2.64. The Morgan fingerprint density at radius 1 is 1.33 bits per heavy atom. The lowest BCUT2D eigenvalue weighted by Crippen LogP contribution is -2.37. The van der Waals surface area contributed by atoms with Crippen LogP contribution in [0, 0.1) is 0 Å². The molecule has 0 heterocycles. The maximum Gasteiger partial charge on any atom is 0.0110 e. The third-order valence-electron chi connectivity index (χ3n) is 3.35. The van der Waals surface area contributed by atoms with Crippen molar-refractivity contribution in [2.24, 2.45) is 0 Å². The zero-order chi connectivity index (χ0) is 11.1.